The smallest absolute Gasteiger partial charge is 0.126 e. The third kappa shape index (κ3) is 3.13. The highest BCUT2D eigenvalue weighted by Crippen LogP contribution is 2.17. The van der Waals surface area contributed by atoms with Crippen LogP contribution in [0.5, 0.6) is 0 Å². The van der Waals surface area contributed by atoms with Crippen molar-refractivity contribution in [2.75, 3.05) is 0 Å². The Labute approximate surface area is 87.8 Å². The summed E-state index contributed by atoms with van der Waals surface area (Å²) >= 11 is 5.71. The van der Waals surface area contributed by atoms with Crippen molar-refractivity contribution in [3.05, 3.63) is 47.3 Å². The van der Waals surface area contributed by atoms with E-state index in [9.17, 15) is 9.50 Å². The number of rotatable bonds is 4. The molecule has 76 valence electrons. The van der Waals surface area contributed by atoms with E-state index in [1.807, 2.05) is 0 Å². The van der Waals surface area contributed by atoms with E-state index in [1.165, 1.54) is 18.2 Å². The van der Waals surface area contributed by atoms with Gasteiger partial charge in [-0.1, -0.05) is 17.7 Å². The zero-order valence-corrected chi connectivity index (χ0v) is 8.47. The monoisotopic (exact) mass is 214 g/mol. The van der Waals surface area contributed by atoms with Crippen molar-refractivity contribution in [1.82, 2.24) is 0 Å². The van der Waals surface area contributed by atoms with Gasteiger partial charge in [0.15, 0.2) is 0 Å². The van der Waals surface area contributed by atoms with Crippen LogP contribution in [0.3, 0.4) is 0 Å². The Morgan fingerprint density at radius 3 is 2.93 bits per heavy atom. The van der Waals surface area contributed by atoms with Crippen molar-refractivity contribution < 1.29 is 9.50 Å². The second-order valence-electron chi connectivity index (χ2n) is 3.12. The Morgan fingerprint density at radius 1 is 1.57 bits per heavy atom. The maximum absolute atomic E-state index is 13.2. The van der Waals surface area contributed by atoms with Crippen molar-refractivity contribution in [2.45, 2.75) is 18.9 Å². The zero-order chi connectivity index (χ0) is 10.6. The van der Waals surface area contributed by atoms with E-state index in [1.54, 1.807) is 6.08 Å². The van der Waals surface area contributed by atoms with Gasteiger partial charge in [0.05, 0.1) is 6.10 Å². The standard InChI is InChI=1S/C11H12ClFO/c1-2-3-10(14)7-8-6-9(12)4-5-11(8)13/h2,4-6,10,14H,1,3,7H2. The SMILES string of the molecule is C=CCC(O)Cc1cc(Cl)ccc1F. The highest BCUT2D eigenvalue weighted by atomic mass is 35.5. The molecule has 1 unspecified atom stereocenters. The summed E-state index contributed by atoms with van der Waals surface area (Å²) in [5.74, 6) is -0.336. The predicted molar refractivity (Wildman–Crippen MR) is 55.9 cm³/mol. The van der Waals surface area contributed by atoms with E-state index in [2.05, 4.69) is 6.58 Å². The van der Waals surface area contributed by atoms with Crippen LogP contribution in [0.25, 0.3) is 0 Å². The van der Waals surface area contributed by atoms with Crippen molar-refractivity contribution in [3.63, 3.8) is 0 Å². The van der Waals surface area contributed by atoms with Crippen LogP contribution in [0.15, 0.2) is 30.9 Å². The van der Waals surface area contributed by atoms with Crippen LogP contribution in [0, 0.1) is 5.82 Å². The summed E-state index contributed by atoms with van der Waals surface area (Å²) in [6, 6.07) is 4.32. The first kappa shape index (κ1) is 11.2. The van der Waals surface area contributed by atoms with Crippen LogP contribution in [-0.4, -0.2) is 11.2 Å². The summed E-state index contributed by atoms with van der Waals surface area (Å²) in [7, 11) is 0. The summed E-state index contributed by atoms with van der Waals surface area (Å²) in [5, 5.41) is 9.92. The molecular weight excluding hydrogens is 203 g/mol. The molecule has 0 bridgehead atoms. The molecule has 1 aromatic carbocycles. The zero-order valence-electron chi connectivity index (χ0n) is 7.71. The van der Waals surface area contributed by atoms with Gasteiger partial charge in [0.2, 0.25) is 0 Å². The van der Waals surface area contributed by atoms with E-state index in [0.717, 1.165) is 0 Å². The summed E-state index contributed by atoms with van der Waals surface area (Å²) < 4.78 is 13.2. The molecule has 0 spiro atoms. The highest BCUT2D eigenvalue weighted by Gasteiger charge is 2.08. The molecule has 1 nitrogen and oxygen atoms in total. The average Bonchev–Trinajstić information content (AvgIpc) is 2.12. The molecule has 0 aromatic heterocycles. The van der Waals surface area contributed by atoms with E-state index < -0.39 is 6.10 Å². The second-order valence-corrected chi connectivity index (χ2v) is 3.55. The number of halogens is 2. The summed E-state index contributed by atoms with van der Waals surface area (Å²) in [6.45, 7) is 3.50. The molecule has 0 radical (unpaired) electrons. The molecule has 0 aliphatic rings. The Bertz CT molecular complexity index is 325. The van der Waals surface area contributed by atoms with Crippen LogP contribution in [0.4, 0.5) is 4.39 Å². The van der Waals surface area contributed by atoms with Crippen LogP contribution < -0.4 is 0 Å². The van der Waals surface area contributed by atoms with Gasteiger partial charge in [0.25, 0.3) is 0 Å². The quantitative estimate of drug-likeness (QED) is 0.765. The van der Waals surface area contributed by atoms with Crippen LogP contribution in [0.1, 0.15) is 12.0 Å². The third-order valence-electron chi connectivity index (χ3n) is 1.90. The van der Waals surface area contributed by atoms with Gasteiger partial charge < -0.3 is 5.11 Å². The molecule has 1 atom stereocenters. The Morgan fingerprint density at radius 2 is 2.29 bits per heavy atom. The van der Waals surface area contributed by atoms with E-state index in [0.29, 0.717) is 17.0 Å². The molecule has 1 N–H and O–H groups in total. The molecular formula is C11H12ClFO. The van der Waals surface area contributed by atoms with Crippen LogP contribution in [0.2, 0.25) is 5.02 Å². The normalized spacial score (nSPS) is 12.5. The molecule has 0 saturated heterocycles. The van der Waals surface area contributed by atoms with Gasteiger partial charge in [-0.15, -0.1) is 6.58 Å². The molecule has 3 heteroatoms. The molecule has 0 fully saturated rings. The van der Waals surface area contributed by atoms with Gasteiger partial charge in [-0.25, -0.2) is 4.39 Å². The molecule has 0 heterocycles. The Balaban J connectivity index is 2.74. The second kappa shape index (κ2) is 5.13. The van der Waals surface area contributed by atoms with Gasteiger partial charge in [-0.3, -0.25) is 0 Å². The molecule has 0 amide bonds. The lowest BCUT2D eigenvalue weighted by molar-refractivity contribution is 0.177. The van der Waals surface area contributed by atoms with Gasteiger partial charge in [0.1, 0.15) is 5.82 Å². The Hall–Kier alpha value is -0.860. The minimum Gasteiger partial charge on any atom is -0.392 e. The maximum atomic E-state index is 13.2. The third-order valence-corrected chi connectivity index (χ3v) is 2.14. The molecule has 0 aliphatic heterocycles. The summed E-state index contributed by atoms with van der Waals surface area (Å²) in [4.78, 5) is 0. The molecule has 0 saturated carbocycles. The minimum atomic E-state index is -0.597. The lowest BCUT2D eigenvalue weighted by Crippen LogP contribution is -2.10. The summed E-state index contributed by atoms with van der Waals surface area (Å²) in [5.41, 5.74) is 0.437. The fourth-order valence-electron chi connectivity index (χ4n) is 1.23. The van der Waals surface area contributed by atoms with Crippen LogP contribution in [-0.2, 0) is 6.42 Å². The first-order chi connectivity index (χ1) is 6.63. The fraction of sp³-hybridized carbons (Fsp3) is 0.273. The minimum absolute atomic E-state index is 0.262. The highest BCUT2D eigenvalue weighted by molar-refractivity contribution is 6.30. The Kier molecular flexibility index (Phi) is 4.11. The number of aliphatic hydroxyl groups excluding tert-OH is 1. The van der Waals surface area contributed by atoms with Gasteiger partial charge >= 0.3 is 0 Å². The molecule has 14 heavy (non-hydrogen) atoms. The van der Waals surface area contributed by atoms with E-state index in [-0.39, 0.29) is 12.2 Å². The van der Waals surface area contributed by atoms with Crippen molar-refractivity contribution >= 4 is 11.6 Å². The number of benzene rings is 1. The maximum Gasteiger partial charge on any atom is 0.126 e. The lowest BCUT2D eigenvalue weighted by atomic mass is 10.1. The number of hydrogen-bond acceptors (Lipinski definition) is 1. The largest absolute Gasteiger partial charge is 0.392 e. The fourth-order valence-corrected chi connectivity index (χ4v) is 1.42. The molecule has 1 rings (SSSR count). The van der Waals surface area contributed by atoms with Crippen molar-refractivity contribution in [2.24, 2.45) is 0 Å². The number of aliphatic hydroxyl groups is 1. The van der Waals surface area contributed by atoms with Gasteiger partial charge in [0, 0.05) is 11.4 Å². The van der Waals surface area contributed by atoms with Gasteiger partial charge in [-0.2, -0.15) is 0 Å². The van der Waals surface area contributed by atoms with Crippen molar-refractivity contribution in [3.8, 4) is 0 Å². The summed E-state index contributed by atoms with van der Waals surface area (Å²) in [6.07, 6.45) is 1.72. The number of hydrogen-bond donors (Lipinski definition) is 1. The van der Waals surface area contributed by atoms with E-state index >= 15 is 0 Å². The van der Waals surface area contributed by atoms with Crippen LogP contribution >= 0.6 is 11.6 Å². The topological polar surface area (TPSA) is 20.2 Å². The predicted octanol–water partition coefficient (Wildman–Crippen LogP) is 2.96. The van der Waals surface area contributed by atoms with E-state index in [4.69, 9.17) is 11.6 Å². The van der Waals surface area contributed by atoms with Crippen molar-refractivity contribution in [1.29, 1.82) is 0 Å². The lowest BCUT2D eigenvalue weighted by Gasteiger charge is -2.08. The average molecular weight is 215 g/mol. The molecule has 1 aromatic rings. The van der Waals surface area contributed by atoms with Gasteiger partial charge in [-0.05, 0) is 30.2 Å². The first-order valence-electron chi connectivity index (χ1n) is 4.36. The first-order valence-corrected chi connectivity index (χ1v) is 4.74. The molecule has 0 aliphatic carbocycles.